The lowest BCUT2D eigenvalue weighted by molar-refractivity contribution is -0.870. The van der Waals surface area contributed by atoms with Crippen LogP contribution in [0.25, 0.3) is 0 Å². The number of hydrogen-bond acceptors (Lipinski definition) is 7. The van der Waals surface area contributed by atoms with Gasteiger partial charge in [-0.25, -0.2) is 4.57 Å². The first-order valence-corrected chi connectivity index (χ1v) is 19.6. The number of carbonyl (C=O) groups is 2. The van der Waals surface area contributed by atoms with Gasteiger partial charge in [0.05, 0.1) is 27.7 Å². The second kappa shape index (κ2) is 29.6. The quantitative estimate of drug-likeness (QED) is 0.0247. The van der Waals surface area contributed by atoms with Gasteiger partial charge in [0.1, 0.15) is 19.8 Å². The van der Waals surface area contributed by atoms with Crippen LogP contribution in [0.3, 0.4) is 0 Å². The first kappa shape index (κ1) is 44.5. The maximum Gasteiger partial charge on any atom is 0.472 e. The van der Waals surface area contributed by atoms with Crippen molar-refractivity contribution in [3.05, 3.63) is 24.3 Å². The highest BCUT2D eigenvalue weighted by atomic mass is 31.2. The molecular weight excluding hydrogens is 605 g/mol. The third-order valence-corrected chi connectivity index (χ3v) is 8.45. The minimum Gasteiger partial charge on any atom is -0.462 e. The number of hydrogen-bond donors (Lipinski definition) is 1. The number of esters is 2. The molecule has 0 saturated heterocycles. The van der Waals surface area contributed by atoms with Crippen LogP contribution >= 0.6 is 7.82 Å². The molecule has 0 aromatic heterocycles. The summed E-state index contributed by atoms with van der Waals surface area (Å²) >= 11 is 0. The SMILES string of the molecule is CC/C=C\CCCCCCCC(=O)OC[C@H](COP(=O)(O)OCC[N+](C)(C)C)OC(=O)CCCCCCC/C=C\CCCCCC. The van der Waals surface area contributed by atoms with Gasteiger partial charge in [0.25, 0.3) is 0 Å². The van der Waals surface area contributed by atoms with Gasteiger partial charge in [0.2, 0.25) is 0 Å². The van der Waals surface area contributed by atoms with Crippen LogP contribution < -0.4 is 0 Å². The molecule has 0 spiro atoms. The van der Waals surface area contributed by atoms with E-state index in [2.05, 4.69) is 38.2 Å². The van der Waals surface area contributed by atoms with E-state index in [1.165, 1.54) is 32.1 Å². The molecule has 0 aliphatic carbocycles. The Kier molecular flexibility index (Phi) is 28.6. The lowest BCUT2D eigenvalue weighted by Crippen LogP contribution is -2.37. The van der Waals surface area contributed by atoms with Gasteiger partial charge in [0, 0.05) is 12.8 Å². The molecule has 0 aromatic carbocycles. The van der Waals surface area contributed by atoms with E-state index in [9.17, 15) is 19.0 Å². The number of allylic oxidation sites excluding steroid dienone is 4. The average Bonchev–Trinajstić information content (AvgIpc) is 2.99. The Morgan fingerprint density at radius 2 is 1.17 bits per heavy atom. The van der Waals surface area contributed by atoms with Crippen molar-refractivity contribution in [2.75, 3.05) is 47.5 Å². The predicted molar refractivity (Wildman–Crippen MR) is 187 cm³/mol. The van der Waals surface area contributed by atoms with Crippen molar-refractivity contribution in [3.63, 3.8) is 0 Å². The maximum absolute atomic E-state index is 12.6. The fraction of sp³-hybridized carbons (Fsp3) is 0.833. The molecule has 2 atom stereocenters. The van der Waals surface area contributed by atoms with Crippen LogP contribution in [0.5, 0.6) is 0 Å². The zero-order valence-corrected chi connectivity index (χ0v) is 31.0. The predicted octanol–water partition coefficient (Wildman–Crippen LogP) is 9.24. The van der Waals surface area contributed by atoms with Gasteiger partial charge in [-0.3, -0.25) is 18.6 Å². The Morgan fingerprint density at radius 3 is 1.72 bits per heavy atom. The molecule has 0 amide bonds. The number of unbranched alkanes of at least 4 members (excludes halogenated alkanes) is 14. The van der Waals surface area contributed by atoms with Crippen LogP contribution in [-0.2, 0) is 32.7 Å². The van der Waals surface area contributed by atoms with Gasteiger partial charge in [-0.15, -0.1) is 0 Å². The smallest absolute Gasteiger partial charge is 0.462 e. The van der Waals surface area contributed by atoms with Crippen LogP contribution in [0.4, 0.5) is 0 Å². The molecule has 0 saturated carbocycles. The van der Waals surface area contributed by atoms with E-state index in [0.29, 0.717) is 17.4 Å². The zero-order valence-electron chi connectivity index (χ0n) is 30.1. The molecule has 1 unspecified atom stereocenters. The molecule has 46 heavy (non-hydrogen) atoms. The lowest BCUT2D eigenvalue weighted by Gasteiger charge is -2.24. The summed E-state index contributed by atoms with van der Waals surface area (Å²) in [6, 6.07) is 0. The Hall–Kier alpha value is -1.51. The Balaban J connectivity index is 4.49. The first-order valence-electron chi connectivity index (χ1n) is 18.1. The second-order valence-corrected chi connectivity index (χ2v) is 14.7. The molecule has 0 aliphatic rings. The van der Waals surface area contributed by atoms with Crippen molar-refractivity contribution >= 4 is 19.8 Å². The van der Waals surface area contributed by atoms with Gasteiger partial charge in [-0.1, -0.05) is 95.9 Å². The number of ether oxygens (including phenoxy) is 2. The van der Waals surface area contributed by atoms with Gasteiger partial charge >= 0.3 is 19.8 Å². The summed E-state index contributed by atoms with van der Waals surface area (Å²) in [5.74, 6) is -0.826. The van der Waals surface area contributed by atoms with Crippen LogP contribution in [0, 0.1) is 0 Å². The largest absolute Gasteiger partial charge is 0.472 e. The van der Waals surface area contributed by atoms with Gasteiger partial charge in [-0.2, -0.15) is 0 Å². The Bertz CT molecular complexity index is 855. The molecule has 9 nitrogen and oxygen atoms in total. The number of phosphoric acid groups is 1. The zero-order chi connectivity index (χ0) is 34.4. The van der Waals surface area contributed by atoms with Crippen LogP contribution in [0.15, 0.2) is 24.3 Å². The summed E-state index contributed by atoms with van der Waals surface area (Å²) in [7, 11) is 1.46. The normalized spacial score (nSPS) is 14.1. The minimum atomic E-state index is -4.36. The summed E-state index contributed by atoms with van der Waals surface area (Å²) in [6.07, 6.45) is 28.1. The molecule has 0 radical (unpaired) electrons. The number of rotatable bonds is 32. The number of nitrogens with zero attached hydrogens (tertiary/aromatic N) is 1. The van der Waals surface area contributed by atoms with Gasteiger partial charge < -0.3 is 18.9 Å². The standard InChI is InChI=1S/C36H68NO8P/c1-6-8-10-12-14-16-17-18-19-21-23-25-27-29-36(39)45-34(33-44-46(40,41)43-31-30-37(3,4)5)32-42-35(38)28-26-24-22-20-15-13-11-9-7-2/h9,11,16-17,34H,6-8,10,12-15,18-33H2,1-5H3/p+1/b11-9-,17-16-/t34-/m1/s1. The van der Waals surface area contributed by atoms with Crippen molar-refractivity contribution in [2.45, 2.75) is 148 Å². The molecule has 0 fully saturated rings. The maximum atomic E-state index is 12.6. The van der Waals surface area contributed by atoms with Gasteiger partial charge in [0.15, 0.2) is 6.10 Å². The molecule has 0 rings (SSSR count). The Morgan fingerprint density at radius 1 is 0.674 bits per heavy atom. The number of carbonyl (C=O) groups excluding carboxylic acids is 2. The van der Waals surface area contributed by atoms with Crippen molar-refractivity contribution in [2.24, 2.45) is 0 Å². The number of quaternary nitrogens is 1. The van der Waals surface area contributed by atoms with E-state index in [1.807, 2.05) is 21.1 Å². The first-order chi connectivity index (χ1) is 22.0. The minimum absolute atomic E-state index is 0.0293. The van der Waals surface area contributed by atoms with E-state index in [0.717, 1.165) is 77.0 Å². The topological polar surface area (TPSA) is 108 Å². The number of likely N-dealkylation sites (N-methyl/N-ethyl adjacent to an activating group) is 1. The number of phosphoric ester groups is 1. The highest BCUT2D eigenvalue weighted by Gasteiger charge is 2.27. The van der Waals surface area contributed by atoms with Crippen LogP contribution in [-0.4, -0.2) is 74.9 Å². The van der Waals surface area contributed by atoms with Crippen molar-refractivity contribution in [1.29, 1.82) is 0 Å². The molecular formula is C36H69NO8P+. The molecule has 10 heteroatoms. The molecule has 0 aliphatic heterocycles. The second-order valence-electron chi connectivity index (χ2n) is 13.2. The summed E-state index contributed by atoms with van der Waals surface area (Å²) in [4.78, 5) is 35.0. The summed E-state index contributed by atoms with van der Waals surface area (Å²) in [5, 5.41) is 0. The van der Waals surface area contributed by atoms with E-state index >= 15 is 0 Å². The van der Waals surface area contributed by atoms with Crippen molar-refractivity contribution < 1.29 is 42.1 Å². The molecule has 0 heterocycles. The van der Waals surface area contributed by atoms with Crippen LogP contribution in [0.2, 0.25) is 0 Å². The molecule has 1 N–H and O–H groups in total. The van der Waals surface area contributed by atoms with Gasteiger partial charge in [-0.05, 0) is 57.8 Å². The highest BCUT2D eigenvalue weighted by Crippen LogP contribution is 2.43. The third kappa shape index (κ3) is 32.4. The highest BCUT2D eigenvalue weighted by molar-refractivity contribution is 7.47. The summed E-state index contributed by atoms with van der Waals surface area (Å²) in [5.41, 5.74) is 0. The fourth-order valence-electron chi connectivity index (χ4n) is 4.60. The van der Waals surface area contributed by atoms with Crippen molar-refractivity contribution in [1.82, 2.24) is 0 Å². The van der Waals surface area contributed by atoms with E-state index in [4.69, 9.17) is 18.5 Å². The van der Waals surface area contributed by atoms with E-state index < -0.39 is 26.5 Å². The Labute approximate surface area is 281 Å². The summed E-state index contributed by atoms with van der Waals surface area (Å²) < 4.78 is 34.0. The van der Waals surface area contributed by atoms with Crippen LogP contribution in [0.1, 0.15) is 142 Å². The summed E-state index contributed by atoms with van der Waals surface area (Å²) in [6.45, 7) is 4.25. The average molecular weight is 675 g/mol. The van der Waals surface area contributed by atoms with E-state index in [1.54, 1.807) is 0 Å². The third-order valence-electron chi connectivity index (χ3n) is 7.47. The van der Waals surface area contributed by atoms with E-state index in [-0.39, 0.29) is 32.0 Å². The lowest BCUT2D eigenvalue weighted by atomic mass is 10.1. The molecule has 0 aromatic rings. The molecule has 270 valence electrons. The fourth-order valence-corrected chi connectivity index (χ4v) is 5.34. The molecule has 0 bridgehead atoms. The van der Waals surface area contributed by atoms with Crippen molar-refractivity contribution in [3.8, 4) is 0 Å². The monoisotopic (exact) mass is 674 g/mol.